The fraction of sp³-hybridized carbons (Fsp3) is 0.364. The molecule has 0 aliphatic rings. The lowest BCUT2D eigenvalue weighted by Gasteiger charge is -2.30. The van der Waals surface area contributed by atoms with E-state index in [0.29, 0.717) is 24.5 Å². The van der Waals surface area contributed by atoms with E-state index in [1.165, 1.54) is 0 Å². The van der Waals surface area contributed by atoms with Gasteiger partial charge in [0, 0.05) is 18.1 Å². The minimum absolute atomic E-state index is 0.0723. The van der Waals surface area contributed by atoms with Crippen molar-refractivity contribution in [2.45, 2.75) is 46.2 Å². The van der Waals surface area contributed by atoms with Crippen LogP contribution in [0.25, 0.3) is 0 Å². The third kappa shape index (κ3) is 6.10. The summed E-state index contributed by atoms with van der Waals surface area (Å²) < 4.78 is 0. The lowest BCUT2D eigenvalue weighted by atomic mass is 10.1. The molecule has 2 aromatic rings. The molecule has 2 amide bonds. The third-order valence-electron chi connectivity index (χ3n) is 4.44. The minimum atomic E-state index is -0.495. The number of amides is 2. The average Bonchev–Trinajstić information content (AvgIpc) is 2.63. The van der Waals surface area contributed by atoms with Crippen LogP contribution in [0.4, 0.5) is 0 Å². The molecule has 0 unspecified atom stereocenters. The maximum Gasteiger partial charge on any atom is 0.242 e. The van der Waals surface area contributed by atoms with Crippen LogP contribution in [0.3, 0.4) is 0 Å². The predicted molar refractivity (Wildman–Crippen MR) is 110 cm³/mol. The van der Waals surface area contributed by atoms with E-state index in [-0.39, 0.29) is 18.2 Å². The molecule has 0 heterocycles. The number of carbonyl (C=O) groups excluding carboxylic acids is 2. The van der Waals surface area contributed by atoms with Crippen molar-refractivity contribution >= 4 is 23.4 Å². The molecule has 0 radical (unpaired) electrons. The Kier molecular flexibility index (Phi) is 7.86. The van der Waals surface area contributed by atoms with Gasteiger partial charge in [-0.25, -0.2) is 0 Å². The number of benzene rings is 2. The molecule has 0 fully saturated rings. The number of carbonyl (C=O) groups is 2. The molecule has 2 rings (SSSR count). The van der Waals surface area contributed by atoms with Crippen LogP contribution in [0, 0.1) is 6.92 Å². The molecule has 144 valence electrons. The topological polar surface area (TPSA) is 49.4 Å². The zero-order chi connectivity index (χ0) is 19.8. The van der Waals surface area contributed by atoms with Gasteiger partial charge in [0.05, 0.1) is 6.42 Å². The lowest BCUT2D eigenvalue weighted by molar-refractivity contribution is -0.140. The number of halogens is 1. The van der Waals surface area contributed by atoms with E-state index in [1.807, 2.05) is 57.2 Å². The molecular formula is C22H27ClN2O2. The lowest BCUT2D eigenvalue weighted by Crippen LogP contribution is -2.49. The molecule has 4 nitrogen and oxygen atoms in total. The second-order valence-corrected chi connectivity index (χ2v) is 7.07. The summed E-state index contributed by atoms with van der Waals surface area (Å²) in [6, 6.07) is 14.8. The molecule has 0 aliphatic carbocycles. The van der Waals surface area contributed by atoms with Crippen molar-refractivity contribution in [3.05, 3.63) is 70.2 Å². The monoisotopic (exact) mass is 386 g/mol. The van der Waals surface area contributed by atoms with E-state index in [0.717, 1.165) is 16.7 Å². The van der Waals surface area contributed by atoms with E-state index >= 15 is 0 Å². The minimum Gasteiger partial charge on any atom is -0.355 e. The molecule has 0 bridgehead atoms. The number of nitrogens with one attached hydrogen (secondary N) is 1. The van der Waals surface area contributed by atoms with E-state index in [1.54, 1.807) is 17.0 Å². The molecule has 5 heteroatoms. The maximum atomic E-state index is 13.1. The van der Waals surface area contributed by atoms with E-state index < -0.39 is 6.04 Å². The van der Waals surface area contributed by atoms with Crippen LogP contribution >= 0.6 is 11.6 Å². The van der Waals surface area contributed by atoms with Gasteiger partial charge in [0.2, 0.25) is 11.8 Å². The molecule has 27 heavy (non-hydrogen) atoms. The normalized spacial score (nSPS) is 11.7. The van der Waals surface area contributed by atoms with Gasteiger partial charge >= 0.3 is 0 Å². The van der Waals surface area contributed by atoms with Crippen molar-refractivity contribution in [3.63, 3.8) is 0 Å². The summed E-state index contributed by atoms with van der Waals surface area (Å²) in [5, 5.41) is 3.49. The fourth-order valence-electron chi connectivity index (χ4n) is 3.10. The van der Waals surface area contributed by atoms with Crippen molar-refractivity contribution in [1.82, 2.24) is 10.2 Å². The standard InChI is InChI=1S/C22H27ClN2O2/c1-4-20(22(27)24-5-2)25(15-18-8-6-7-16(3)13-18)21(26)14-17-9-11-19(23)12-10-17/h6-13,20H,4-5,14-15H2,1-3H3,(H,24,27)/t20-/m0/s1. The molecule has 0 aliphatic heterocycles. The summed E-state index contributed by atoms with van der Waals surface area (Å²) in [5.41, 5.74) is 3.02. The van der Waals surface area contributed by atoms with Crippen molar-refractivity contribution in [3.8, 4) is 0 Å². The van der Waals surface area contributed by atoms with Gasteiger partial charge in [-0.3, -0.25) is 9.59 Å². The number of rotatable bonds is 8. The van der Waals surface area contributed by atoms with Crippen molar-refractivity contribution < 1.29 is 9.59 Å². The van der Waals surface area contributed by atoms with Crippen molar-refractivity contribution in [1.29, 1.82) is 0 Å². The number of aryl methyl sites for hydroxylation is 1. The number of hydrogen-bond donors (Lipinski definition) is 1. The number of hydrogen-bond acceptors (Lipinski definition) is 2. The first-order chi connectivity index (χ1) is 12.9. The van der Waals surface area contributed by atoms with E-state index in [4.69, 9.17) is 11.6 Å². The van der Waals surface area contributed by atoms with Gasteiger partial charge in [0.25, 0.3) is 0 Å². The molecule has 1 atom stereocenters. The largest absolute Gasteiger partial charge is 0.355 e. The Morgan fingerprint density at radius 3 is 2.37 bits per heavy atom. The van der Waals surface area contributed by atoms with Crippen LogP contribution in [-0.4, -0.2) is 29.3 Å². The second-order valence-electron chi connectivity index (χ2n) is 6.63. The Hall–Kier alpha value is -2.33. The van der Waals surface area contributed by atoms with Crippen LogP contribution in [0.1, 0.15) is 37.0 Å². The van der Waals surface area contributed by atoms with Crippen LogP contribution in [0.15, 0.2) is 48.5 Å². The summed E-state index contributed by atoms with van der Waals surface area (Å²) in [6.45, 7) is 6.77. The SMILES string of the molecule is CCNC(=O)[C@H](CC)N(Cc1cccc(C)c1)C(=O)Cc1ccc(Cl)cc1. The highest BCUT2D eigenvalue weighted by atomic mass is 35.5. The fourth-order valence-corrected chi connectivity index (χ4v) is 3.22. The number of likely N-dealkylation sites (N-methyl/N-ethyl adjacent to an activating group) is 1. The molecule has 2 aromatic carbocycles. The van der Waals surface area contributed by atoms with Gasteiger partial charge < -0.3 is 10.2 Å². The van der Waals surface area contributed by atoms with Gasteiger partial charge in [-0.05, 0) is 43.5 Å². The predicted octanol–water partition coefficient (Wildman–Crippen LogP) is 4.13. The van der Waals surface area contributed by atoms with Gasteiger partial charge in [-0.2, -0.15) is 0 Å². The second kappa shape index (κ2) is 10.1. The van der Waals surface area contributed by atoms with Crippen LogP contribution in [-0.2, 0) is 22.6 Å². The zero-order valence-electron chi connectivity index (χ0n) is 16.2. The molecule has 0 saturated carbocycles. The van der Waals surface area contributed by atoms with Crippen LogP contribution in [0.2, 0.25) is 5.02 Å². The van der Waals surface area contributed by atoms with Crippen LogP contribution < -0.4 is 5.32 Å². The molecule has 0 aromatic heterocycles. The Morgan fingerprint density at radius 1 is 1.07 bits per heavy atom. The summed E-state index contributed by atoms with van der Waals surface area (Å²) in [6.07, 6.45) is 0.795. The number of nitrogens with zero attached hydrogens (tertiary/aromatic N) is 1. The summed E-state index contributed by atoms with van der Waals surface area (Å²) in [5.74, 6) is -0.186. The Bertz CT molecular complexity index is 774. The zero-order valence-corrected chi connectivity index (χ0v) is 16.9. The molecule has 0 spiro atoms. The van der Waals surface area contributed by atoms with Gasteiger partial charge in [-0.1, -0.05) is 60.5 Å². The molecule has 0 saturated heterocycles. The van der Waals surface area contributed by atoms with E-state index in [2.05, 4.69) is 5.32 Å². The first-order valence-corrected chi connectivity index (χ1v) is 9.69. The quantitative estimate of drug-likeness (QED) is 0.741. The third-order valence-corrected chi connectivity index (χ3v) is 4.69. The van der Waals surface area contributed by atoms with E-state index in [9.17, 15) is 9.59 Å². The Labute approximate surface area is 166 Å². The van der Waals surface area contributed by atoms with Gasteiger partial charge in [-0.15, -0.1) is 0 Å². The summed E-state index contributed by atoms with van der Waals surface area (Å²) in [7, 11) is 0. The van der Waals surface area contributed by atoms with Crippen LogP contribution in [0.5, 0.6) is 0 Å². The van der Waals surface area contributed by atoms with Gasteiger partial charge in [0.15, 0.2) is 0 Å². The summed E-state index contributed by atoms with van der Waals surface area (Å²) >= 11 is 5.93. The summed E-state index contributed by atoms with van der Waals surface area (Å²) in [4.78, 5) is 27.3. The molecule has 1 N–H and O–H groups in total. The first kappa shape index (κ1) is 21.0. The smallest absolute Gasteiger partial charge is 0.242 e. The molecular weight excluding hydrogens is 360 g/mol. The highest BCUT2D eigenvalue weighted by Crippen LogP contribution is 2.16. The maximum absolute atomic E-state index is 13.1. The van der Waals surface area contributed by atoms with Gasteiger partial charge in [0.1, 0.15) is 6.04 Å². The highest BCUT2D eigenvalue weighted by molar-refractivity contribution is 6.30. The average molecular weight is 387 g/mol. The van der Waals surface area contributed by atoms with Crippen molar-refractivity contribution in [2.75, 3.05) is 6.54 Å². The first-order valence-electron chi connectivity index (χ1n) is 9.31. The Balaban J connectivity index is 2.27. The highest BCUT2D eigenvalue weighted by Gasteiger charge is 2.28. The Morgan fingerprint density at radius 2 is 1.78 bits per heavy atom. The van der Waals surface area contributed by atoms with Crippen molar-refractivity contribution in [2.24, 2.45) is 0 Å².